The molecule has 0 aliphatic heterocycles. The maximum Gasteiger partial charge on any atom is 0.396 e. The van der Waals surface area contributed by atoms with Gasteiger partial charge in [0.1, 0.15) is 16.9 Å². The number of carbonyl (C=O) groups excluding carboxylic acids is 2. The number of benzene rings is 1. The van der Waals surface area contributed by atoms with Gasteiger partial charge in [-0.2, -0.15) is 8.75 Å². The molecule has 3 aromatic rings. The molecular formula is C17H15FN4O3S. The summed E-state index contributed by atoms with van der Waals surface area (Å²) in [4.78, 5) is 29.5. The maximum absolute atomic E-state index is 14.1. The molecule has 0 aliphatic rings. The number of amides is 1. The first-order valence-corrected chi connectivity index (χ1v) is 8.45. The van der Waals surface area contributed by atoms with Crippen LogP contribution in [0.25, 0.3) is 11.0 Å². The van der Waals surface area contributed by atoms with Crippen LogP contribution < -0.4 is 0 Å². The Bertz CT molecular complexity index is 962. The lowest BCUT2D eigenvalue weighted by atomic mass is 10.1. The molecule has 134 valence electrons. The van der Waals surface area contributed by atoms with Crippen LogP contribution in [0.15, 0.2) is 36.5 Å². The molecule has 1 amide bonds. The number of hydrogen-bond donors (Lipinski definition) is 0. The van der Waals surface area contributed by atoms with E-state index in [9.17, 15) is 14.0 Å². The minimum Gasteiger partial charge on any atom is -0.462 e. The van der Waals surface area contributed by atoms with E-state index in [-0.39, 0.29) is 12.2 Å². The molecule has 26 heavy (non-hydrogen) atoms. The number of pyridine rings is 1. The van der Waals surface area contributed by atoms with E-state index in [1.165, 1.54) is 23.2 Å². The van der Waals surface area contributed by atoms with E-state index in [0.717, 1.165) is 29.9 Å². The third kappa shape index (κ3) is 3.52. The molecule has 2 heterocycles. The summed E-state index contributed by atoms with van der Waals surface area (Å²) >= 11 is 1.09. The fourth-order valence-corrected chi connectivity index (χ4v) is 3.08. The van der Waals surface area contributed by atoms with Gasteiger partial charge in [-0.15, -0.1) is 0 Å². The number of fused-ring (bicyclic) bond motifs is 1. The van der Waals surface area contributed by atoms with E-state index in [1.807, 2.05) is 0 Å². The quantitative estimate of drug-likeness (QED) is 0.515. The minimum atomic E-state index is -1.02. The van der Waals surface area contributed by atoms with Gasteiger partial charge < -0.3 is 9.64 Å². The molecule has 0 bridgehead atoms. The third-order valence-electron chi connectivity index (χ3n) is 3.94. The number of methoxy groups -OCH3 is 1. The van der Waals surface area contributed by atoms with Gasteiger partial charge >= 0.3 is 11.9 Å². The van der Waals surface area contributed by atoms with Gasteiger partial charge in [0.2, 0.25) is 0 Å². The number of rotatable bonds is 4. The first-order chi connectivity index (χ1) is 12.5. The number of ether oxygens (including phenoxy) is 1. The highest BCUT2D eigenvalue weighted by Gasteiger charge is 2.30. The number of hydrogen-bond acceptors (Lipinski definition) is 7. The van der Waals surface area contributed by atoms with Crippen molar-refractivity contribution in [1.29, 1.82) is 0 Å². The van der Waals surface area contributed by atoms with Crippen LogP contribution in [0.5, 0.6) is 0 Å². The van der Waals surface area contributed by atoms with Gasteiger partial charge in [0, 0.05) is 12.7 Å². The lowest BCUT2D eigenvalue weighted by molar-refractivity contribution is -0.159. The Kier molecular flexibility index (Phi) is 5.17. The van der Waals surface area contributed by atoms with Crippen molar-refractivity contribution in [3.05, 3.63) is 53.6 Å². The minimum absolute atomic E-state index is 0.0680. The molecule has 1 aromatic carbocycles. The van der Waals surface area contributed by atoms with Gasteiger partial charge in [0.25, 0.3) is 0 Å². The van der Waals surface area contributed by atoms with E-state index in [0.29, 0.717) is 5.52 Å². The lowest BCUT2D eigenvalue weighted by Crippen LogP contribution is -2.39. The fourth-order valence-electron chi connectivity index (χ4n) is 2.56. The molecule has 0 spiro atoms. The Hall–Kier alpha value is -2.94. The Morgan fingerprint density at radius 1 is 1.27 bits per heavy atom. The van der Waals surface area contributed by atoms with Crippen LogP contribution in [0.3, 0.4) is 0 Å². The number of aromatic nitrogens is 3. The summed E-state index contributed by atoms with van der Waals surface area (Å²) < 4.78 is 26.9. The van der Waals surface area contributed by atoms with Crippen molar-refractivity contribution in [2.45, 2.75) is 19.5 Å². The van der Waals surface area contributed by atoms with Gasteiger partial charge in [0.15, 0.2) is 0 Å². The molecule has 1 unspecified atom stereocenters. The van der Waals surface area contributed by atoms with Crippen molar-refractivity contribution in [2.75, 3.05) is 7.11 Å². The molecule has 0 aliphatic carbocycles. The molecule has 1 atom stereocenters. The van der Waals surface area contributed by atoms with Crippen LogP contribution in [0, 0.1) is 5.82 Å². The van der Waals surface area contributed by atoms with E-state index in [4.69, 9.17) is 0 Å². The van der Waals surface area contributed by atoms with Gasteiger partial charge in [-0.3, -0.25) is 9.78 Å². The maximum atomic E-state index is 14.1. The van der Waals surface area contributed by atoms with Crippen molar-refractivity contribution < 1.29 is 18.7 Å². The summed E-state index contributed by atoms with van der Waals surface area (Å²) in [6, 6.07) is 7.28. The number of esters is 1. The highest BCUT2D eigenvalue weighted by atomic mass is 32.1. The lowest BCUT2D eigenvalue weighted by Gasteiger charge is -2.28. The van der Waals surface area contributed by atoms with Crippen LogP contribution in [0.1, 0.15) is 24.2 Å². The molecule has 2 aromatic heterocycles. The monoisotopic (exact) mass is 374 g/mol. The average Bonchev–Trinajstić information content (AvgIpc) is 3.12. The van der Waals surface area contributed by atoms with Gasteiger partial charge in [-0.1, -0.05) is 6.07 Å². The smallest absolute Gasteiger partial charge is 0.396 e. The summed E-state index contributed by atoms with van der Waals surface area (Å²) in [5.74, 6) is -2.45. The third-order valence-corrected chi connectivity index (χ3v) is 4.50. The molecule has 0 N–H and O–H groups in total. The van der Waals surface area contributed by atoms with Crippen LogP contribution in [0.2, 0.25) is 0 Å². The standard InChI is InChI=1S/C17H15FN4O3S/c1-10(15-12(18)4-3-7-19-15)22(16(23)17(24)25-2)9-11-5-6-13-14(8-11)21-26-20-13/h3-8,10H,9H2,1-2H3. The SMILES string of the molecule is COC(=O)C(=O)N(Cc1ccc2nsnc2c1)C(C)c1ncccc1F. The Labute approximate surface area is 152 Å². The molecule has 0 radical (unpaired) electrons. The fraction of sp³-hybridized carbons (Fsp3) is 0.235. The van der Waals surface area contributed by atoms with Crippen LogP contribution in [0.4, 0.5) is 4.39 Å². The summed E-state index contributed by atoms with van der Waals surface area (Å²) in [5.41, 5.74) is 2.23. The molecule has 7 nitrogen and oxygen atoms in total. The van der Waals surface area contributed by atoms with Crippen molar-refractivity contribution in [2.24, 2.45) is 0 Å². The normalized spacial score (nSPS) is 12.0. The highest BCUT2D eigenvalue weighted by Crippen LogP contribution is 2.24. The number of nitrogens with zero attached hydrogens (tertiary/aromatic N) is 4. The number of halogens is 1. The Balaban J connectivity index is 1.95. The first kappa shape index (κ1) is 17.9. The molecule has 0 saturated carbocycles. The zero-order valence-corrected chi connectivity index (χ0v) is 14.9. The Morgan fingerprint density at radius 2 is 2.04 bits per heavy atom. The molecule has 0 saturated heterocycles. The van der Waals surface area contributed by atoms with Crippen molar-refractivity contribution in [3.63, 3.8) is 0 Å². The van der Waals surface area contributed by atoms with Crippen molar-refractivity contribution in [3.8, 4) is 0 Å². The van der Waals surface area contributed by atoms with Crippen molar-refractivity contribution >= 4 is 34.6 Å². The zero-order chi connectivity index (χ0) is 18.7. The summed E-state index contributed by atoms with van der Waals surface area (Å²) in [5, 5.41) is 0. The van der Waals surface area contributed by atoms with E-state index >= 15 is 0 Å². The average molecular weight is 374 g/mol. The summed E-state index contributed by atoms with van der Waals surface area (Å²) in [6.07, 6.45) is 1.43. The van der Waals surface area contributed by atoms with E-state index in [1.54, 1.807) is 25.1 Å². The summed E-state index contributed by atoms with van der Waals surface area (Å²) in [7, 11) is 1.12. The molecule has 0 fully saturated rings. The van der Waals surface area contributed by atoms with Crippen LogP contribution in [-0.4, -0.2) is 37.6 Å². The molecule has 9 heteroatoms. The molecule has 3 rings (SSSR count). The van der Waals surface area contributed by atoms with Crippen LogP contribution in [-0.2, 0) is 20.9 Å². The van der Waals surface area contributed by atoms with Gasteiger partial charge in [-0.25, -0.2) is 9.18 Å². The molecular weight excluding hydrogens is 359 g/mol. The first-order valence-electron chi connectivity index (χ1n) is 7.71. The van der Waals surface area contributed by atoms with E-state index in [2.05, 4.69) is 18.5 Å². The Morgan fingerprint density at radius 3 is 2.77 bits per heavy atom. The highest BCUT2D eigenvalue weighted by molar-refractivity contribution is 7.00. The largest absolute Gasteiger partial charge is 0.462 e. The second-order valence-corrected chi connectivity index (χ2v) is 6.09. The van der Waals surface area contributed by atoms with Crippen molar-refractivity contribution in [1.82, 2.24) is 18.6 Å². The predicted molar refractivity (Wildman–Crippen MR) is 92.6 cm³/mol. The zero-order valence-electron chi connectivity index (χ0n) is 14.0. The predicted octanol–water partition coefficient (Wildman–Crippen LogP) is 2.49. The summed E-state index contributed by atoms with van der Waals surface area (Å²) in [6.45, 7) is 1.67. The van der Waals surface area contributed by atoms with Gasteiger partial charge in [-0.05, 0) is 36.8 Å². The van der Waals surface area contributed by atoms with Crippen LogP contribution >= 0.6 is 11.7 Å². The number of carbonyl (C=O) groups is 2. The second kappa shape index (κ2) is 7.52. The van der Waals surface area contributed by atoms with E-state index < -0.39 is 23.7 Å². The van der Waals surface area contributed by atoms with Gasteiger partial charge in [0.05, 0.1) is 30.6 Å². The second-order valence-electron chi connectivity index (χ2n) is 5.56. The topological polar surface area (TPSA) is 85.3 Å².